The molecular formula is C14H10Cl2F3N. The van der Waals surface area contributed by atoms with Gasteiger partial charge in [-0.3, -0.25) is 5.41 Å². The molecule has 0 aromatic heterocycles. The van der Waals surface area contributed by atoms with Gasteiger partial charge in [0.25, 0.3) is 0 Å². The second-order valence-electron chi connectivity index (χ2n) is 3.93. The largest absolute Gasteiger partial charge is 0.416 e. The van der Waals surface area contributed by atoms with Crippen molar-refractivity contribution in [2.75, 3.05) is 0 Å². The Kier molecular flexibility index (Phi) is 5.20. The van der Waals surface area contributed by atoms with Crippen molar-refractivity contribution in [1.29, 1.82) is 5.41 Å². The van der Waals surface area contributed by atoms with Crippen molar-refractivity contribution < 1.29 is 13.2 Å². The van der Waals surface area contributed by atoms with Crippen molar-refractivity contribution in [2.45, 2.75) is 6.18 Å². The zero-order chi connectivity index (χ0) is 14.0. The van der Waals surface area contributed by atoms with Crippen LogP contribution >= 0.6 is 24.0 Å². The number of benzene rings is 2. The van der Waals surface area contributed by atoms with Crippen LogP contribution in [0.15, 0.2) is 48.5 Å². The van der Waals surface area contributed by atoms with E-state index in [9.17, 15) is 13.2 Å². The Morgan fingerprint density at radius 1 is 1.00 bits per heavy atom. The van der Waals surface area contributed by atoms with Crippen molar-refractivity contribution in [1.82, 2.24) is 0 Å². The van der Waals surface area contributed by atoms with Crippen molar-refractivity contribution in [3.05, 3.63) is 70.2 Å². The van der Waals surface area contributed by atoms with Crippen LogP contribution in [0.5, 0.6) is 0 Å². The van der Waals surface area contributed by atoms with E-state index in [-0.39, 0.29) is 28.7 Å². The van der Waals surface area contributed by atoms with Gasteiger partial charge >= 0.3 is 6.18 Å². The average Bonchev–Trinajstić information content (AvgIpc) is 2.38. The van der Waals surface area contributed by atoms with E-state index < -0.39 is 11.7 Å². The Morgan fingerprint density at radius 3 is 2.15 bits per heavy atom. The molecule has 0 fully saturated rings. The van der Waals surface area contributed by atoms with Crippen molar-refractivity contribution >= 4 is 29.7 Å². The van der Waals surface area contributed by atoms with Crippen molar-refractivity contribution in [2.24, 2.45) is 0 Å². The Labute approximate surface area is 125 Å². The molecule has 20 heavy (non-hydrogen) atoms. The van der Waals surface area contributed by atoms with E-state index in [0.29, 0.717) is 5.56 Å². The fourth-order valence-electron chi connectivity index (χ4n) is 1.65. The molecule has 0 heterocycles. The van der Waals surface area contributed by atoms with E-state index in [4.69, 9.17) is 17.0 Å². The molecule has 106 valence electrons. The molecule has 2 aromatic carbocycles. The lowest BCUT2D eigenvalue weighted by atomic mass is 10.0. The van der Waals surface area contributed by atoms with Crippen molar-refractivity contribution in [3.63, 3.8) is 0 Å². The zero-order valence-corrected chi connectivity index (χ0v) is 11.6. The summed E-state index contributed by atoms with van der Waals surface area (Å²) in [6, 6.07) is 11.5. The van der Waals surface area contributed by atoms with Gasteiger partial charge < -0.3 is 0 Å². The molecule has 0 radical (unpaired) electrons. The maximum atomic E-state index is 12.7. The van der Waals surface area contributed by atoms with Crippen LogP contribution in [0, 0.1) is 5.41 Å². The Balaban J connectivity index is 0.00000200. The first-order chi connectivity index (χ1) is 8.89. The van der Waals surface area contributed by atoms with E-state index in [1.54, 1.807) is 30.3 Å². The standard InChI is InChI=1S/C14H9ClF3N.ClH/c15-12-7-6-10(14(16,17)18)8-11(12)13(19)9-4-2-1-3-5-9;/h1-8,19H;1H. The van der Waals surface area contributed by atoms with Gasteiger partial charge in [-0.25, -0.2) is 0 Å². The predicted molar refractivity (Wildman–Crippen MR) is 76.1 cm³/mol. The summed E-state index contributed by atoms with van der Waals surface area (Å²) in [5.74, 6) is 0. The van der Waals surface area contributed by atoms with Gasteiger partial charge in [0.05, 0.1) is 11.3 Å². The third-order valence-corrected chi connectivity index (χ3v) is 2.96. The molecule has 0 unspecified atom stereocenters. The SMILES string of the molecule is Cl.N=C(c1ccccc1)c1cc(C(F)(F)F)ccc1Cl. The van der Waals surface area contributed by atoms with Crippen LogP contribution in [-0.4, -0.2) is 5.71 Å². The van der Waals surface area contributed by atoms with Crippen LogP contribution in [0.1, 0.15) is 16.7 Å². The number of hydrogen-bond acceptors (Lipinski definition) is 1. The van der Waals surface area contributed by atoms with Gasteiger partial charge in [-0.05, 0) is 18.2 Å². The molecule has 1 N–H and O–H groups in total. The molecule has 2 aromatic rings. The summed E-state index contributed by atoms with van der Waals surface area (Å²) >= 11 is 5.88. The van der Waals surface area contributed by atoms with Gasteiger partial charge in [0.2, 0.25) is 0 Å². The maximum absolute atomic E-state index is 12.7. The van der Waals surface area contributed by atoms with Gasteiger partial charge in [-0.1, -0.05) is 41.9 Å². The molecule has 6 heteroatoms. The normalized spacial score (nSPS) is 10.8. The highest BCUT2D eigenvalue weighted by atomic mass is 35.5. The van der Waals surface area contributed by atoms with Crippen LogP contribution in [-0.2, 0) is 6.18 Å². The molecule has 1 nitrogen and oxygen atoms in total. The molecule has 2 rings (SSSR count). The minimum Gasteiger partial charge on any atom is -0.300 e. The summed E-state index contributed by atoms with van der Waals surface area (Å²) in [7, 11) is 0. The monoisotopic (exact) mass is 319 g/mol. The number of alkyl halides is 3. The van der Waals surface area contributed by atoms with E-state index in [2.05, 4.69) is 0 Å². The first-order valence-corrected chi connectivity index (χ1v) is 5.78. The summed E-state index contributed by atoms with van der Waals surface area (Å²) in [6.07, 6.45) is -4.45. The molecule has 0 aliphatic carbocycles. The number of nitrogens with one attached hydrogen (secondary N) is 1. The minimum absolute atomic E-state index is 0. The summed E-state index contributed by atoms with van der Waals surface area (Å²) in [5.41, 5.74) is -0.254. The Bertz CT molecular complexity index is 610. The third-order valence-electron chi connectivity index (χ3n) is 2.63. The molecule has 0 spiro atoms. The highest BCUT2D eigenvalue weighted by Gasteiger charge is 2.31. The Hall–Kier alpha value is -1.52. The van der Waals surface area contributed by atoms with Gasteiger partial charge in [-0.2, -0.15) is 13.2 Å². The Morgan fingerprint density at radius 2 is 1.60 bits per heavy atom. The van der Waals surface area contributed by atoms with Crippen LogP contribution in [0.3, 0.4) is 0 Å². The number of halogens is 5. The number of rotatable bonds is 2. The molecule has 0 saturated carbocycles. The molecule has 0 amide bonds. The number of hydrogen-bond donors (Lipinski definition) is 1. The lowest BCUT2D eigenvalue weighted by Crippen LogP contribution is -2.08. The van der Waals surface area contributed by atoms with Gasteiger partial charge in [0, 0.05) is 16.1 Å². The summed E-state index contributed by atoms with van der Waals surface area (Å²) in [5, 5.41) is 8.09. The van der Waals surface area contributed by atoms with Crippen LogP contribution in [0.25, 0.3) is 0 Å². The lowest BCUT2D eigenvalue weighted by Gasteiger charge is -2.11. The molecule has 0 atom stereocenters. The minimum atomic E-state index is -4.45. The fraction of sp³-hybridized carbons (Fsp3) is 0.0714. The molecule has 0 bridgehead atoms. The first kappa shape index (κ1) is 16.5. The van der Waals surface area contributed by atoms with E-state index in [1.165, 1.54) is 0 Å². The lowest BCUT2D eigenvalue weighted by molar-refractivity contribution is -0.137. The fourth-order valence-corrected chi connectivity index (χ4v) is 1.87. The van der Waals surface area contributed by atoms with Crippen molar-refractivity contribution in [3.8, 4) is 0 Å². The first-order valence-electron chi connectivity index (χ1n) is 5.40. The topological polar surface area (TPSA) is 23.9 Å². The molecule has 0 aliphatic rings. The quantitative estimate of drug-likeness (QED) is 0.736. The molecule has 0 aliphatic heterocycles. The van der Waals surface area contributed by atoms with E-state index >= 15 is 0 Å². The van der Waals surface area contributed by atoms with Gasteiger partial charge in [-0.15, -0.1) is 12.4 Å². The average molecular weight is 320 g/mol. The second kappa shape index (κ2) is 6.29. The summed E-state index contributed by atoms with van der Waals surface area (Å²) in [6.45, 7) is 0. The van der Waals surface area contributed by atoms with Crippen LogP contribution in [0.2, 0.25) is 5.02 Å². The molecule has 0 saturated heterocycles. The zero-order valence-electron chi connectivity index (χ0n) is 10.0. The third kappa shape index (κ3) is 3.52. The molecular weight excluding hydrogens is 310 g/mol. The summed E-state index contributed by atoms with van der Waals surface area (Å²) < 4.78 is 38.0. The van der Waals surface area contributed by atoms with Crippen LogP contribution < -0.4 is 0 Å². The predicted octanol–water partition coefficient (Wildman–Crippen LogP) is 5.20. The van der Waals surface area contributed by atoms with E-state index in [1.807, 2.05) is 0 Å². The highest BCUT2D eigenvalue weighted by Crippen LogP contribution is 2.32. The second-order valence-corrected chi connectivity index (χ2v) is 4.34. The van der Waals surface area contributed by atoms with E-state index in [0.717, 1.165) is 18.2 Å². The summed E-state index contributed by atoms with van der Waals surface area (Å²) in [4.78, 5) is 0. The van der Waals surface area contributed by atoms with Crippen LogP contribution in [0.4, 0.5) is 13.2 Å². The van der Waals surface area contributed by atoms with Gasteiger partial charge in [0.15, 0.2) is 0 Å². The maximum Gasteiger partial charge on any atom is 0.416 e. The smallest absolute Gasteiger partial charge is 0.300 e. The van der Waals surface area contributed by atoms with Gasteiger partial charge in [0.1, 0.15) is 0 Å². The highest BCUT2D eigenvalue weighted by molar-refractivity contribution is 6.35.